The van der Waals surface area contributed by atoms with Crippen molar-refractivity contribution in [1.82, 2.24) is 30.2 Å². The van der Waals surface area contributed by atoms with E-state index in [1.807, 2.05) is 91.0 Å². The van der Waals surface area contributed by atoms with E-state index in [2.05, 4.69) is 136 Å². The molecule has 8 aliphatic rings. The maximum atomic E-state index is 13.1. The number of ether oxygens (including phenoxy) is 4. The van der Waals surface area contributed by atoms with Gasteiger partial charge in [0.1, 0.15) is 53.0 Å². The predicted molar refractivity (Wildman–Crippen MR) is 417 cm³/mol. The first-order valence-corrected chi connectivity index (χ1v) is 39.5. The second-order valence-corrected chi connectivity index (χ2v) is 32.6. The molecule has 0 bridgehead atoms. The predicted octanol–water partition coefficient (Wildman–Crippen LogP) is 15.2. The molecule has 0 radical (unpaired) electrons. The van der Waals surface area contributed by atoms with Gasteiger partial charge in [-0.05, 0) is 187 Å². The smallest absolute Gasteiger partial charge is 0.255 e. The summed E-state index contributed by atoms with van der Waals surface area (Å²) in [5.74, 6) is 3.46. The van der Waals surface area contributed by atoms with Gasteiger partial charge in [0.15, 0.2) is 11.5 Å². The number of rotatable bonds is 16. The number of carbonyl (C=O) groups excluding carboxylic acids is 6. The molecule has 8 heterocycles. The van der Waals surface area contributed by atoms with Gasteiger partial charge in [0.05, 0.1) is 9.75 Å². The average Bonchev–Trinajstić information content (AvgIpc) is 1.57. The van der Waals surface area contributed by atoms with E-state index < -0.39 is 12.1 Å². The third-order valence-electron chi connectivity index (χ3n) is 21.9. The number of anilines is 2. The lowest BCUT2D eigenvalue weighted by molar-refractivity contribution is -0.138. The van der Waals surface area contributed by atoms with Crippen LogP contribution < -0.4 is 39.4 Å². The SMILES string of the molecule is Cc1ccc2c(Oc3ccc(OC4CC(N5CCN(c6ccc7c(c6)CN(C6CCC(=O)NC6=O)C7=O)CC5)C4)cc3)c(-c3ccc(Br)cc3)sc2c1.O=C1CCC(N2Cc3cc(N4CCN(C5CC(Oc6ccc(Oc7c(-c8ccc(Br)cc8)sc8cc(O)ccc78)cc6)C5)CC4)ccc3C2=O)C(=O)N1. The monoisotopic (exact) mass is 1580 g/mol. The molecular formula is C83H76Br2N8O11S2. The Hall–Kier alpha value is -9.62. The fourth-order valence-corrected chi connectivity index (χ4v) is 18.8. The number of hydrogen-bond donors (Lipinski definition) is 3. The lowest BCUT2D eigenvalue weighted by atomic mass is 9.87. The van der Waals surface area contributed by atoms with Crippen LogP contribution in [0.2, 0.25) is 0 Å². The molecule has 3 N–H and O–H groups in total. The number of piperidine rings is 2. The van der Waals surface area contributed by atoms with Gasteiger partial charge < -0.3 is 43.7 Å². The Morgan fingerprint density at radius 3 is 1.28 bits per heavy atom. The van der Waals surface area contributed by atoms with Crippen LogP contribution in [0.1, 0.15) is 88.8 Å². The molecule has 10 aromatic rings. The van der Waals surface area contributed by atoms with Gasteiger partial charge in [-0.25, -0.2) is 0 Å². The zero-order chi connectivity index (χ0) is 72.4. The zero-order valence-corrected chi connectivity index (χ0v) is 62.9. The Kier molecular flexibility index (Phi) is 19.2. The minimum absolute atomic E-state index is 0.134. The van der Waals surface area contributed by atoms with Crippen LogP contribution in [0.5, 0.6) is 40.2 Å². The highest BCUT2D eigenvalue weighted by Crippen LogP contribution is 2.50. The Morgan fingerprint density at radius 1 is 0.453 bits per heavy atom. The van der Waals surface area contributed by atoms with Crippen molar-refractivity contribution < 1.29 is 52.8 Å². The molecule has 18 rings (SSSR count). The van der Waals surface area contributed by atoms with Crippen LogP contribution in [0.4, 0.5) is 11.4 Å². The topological polar surface area (TPSA) is 203 Å². The molecular weight excluding hydrogens is 1510 g/mol. The summed E-state index contributed by atoms with van der Waals surface area (Å²) in [6, 6.07) is 56.0. The Bertz CT molecular complexity index is 4770. The lowest BCUT2D eigenvalue weighted by Gasteiger charge is -2.46. The third-order valence-corrected chi connectivity index (χ3v) is 25.3. The van der Waals surface area contributed by atoms with E-state index in [1.165, 1.54) is 10.3 Å². The minimum Gasteiger partial charge on any atom is -0.508 e. The Morgan fingerprint density at radius 2 is 0.858 bits per heavy atom. The summed E-state index contributed by atoms with van der Waals surface area (Å²) >= 11 is 10.4. The summed E-state index contributed by atoms with van der Waals surface area (Å²) in [7, 11) is 0. The summed E-state index contributed by atoms with van der Waals surface area (Å²) in [5.41, 5.74) is 8.78. The summed E-state index contributed by atoms with van der Waals surface area (Å²) in [6.45, 7) is 10.4. The first-order valence-electron chi connectivity index (χ1n) is 36.2. The number of thiophene rings is 2. The number of aryl methyl sites for hydroxylation is 1. The van der Waals surface area contributed by atoms with Crippen molar-refractivity contribution in [1.29, 1.82) is 0 Å². The Balaban J connectivity index is 0.000000156. The van der Waals surface area contributed by atoms with Crippen LogP contribution >= 0.6 is 54.5 Å². The molecule has 6 fully saturated rings. The fraction of sp³-hybridized carbons (Fsp3) is 0.301. The van der Waals surface area contributed by atoms with Crippen molar-refractivity contribution in [3.05, 3.63) is 207 Å². The number of imide groups is 2. The number of benzene rings is 8. The molecule has 540 valence electrons. The molecule has 2 aliphatic carbocycles. The van der Waals surface area contributed by atoms with Gasteiger partial charge >= 0.3 is 0 Å². The molecule has 2 saturated carbocycles. The van der Waals surface area contributed by atoms with Crippen molar-refractivity contribution in [2.45, 2.75) is 108 Å². The number of hydrogen-bond acceptors (Lipinski definition) is 17. The molecule has 19 nitrogen and oxygen atoms in total. The standard InChI is InChI=1S/C42H39BrN4O5S.C41H37BrN4O6S/c1-25-2-12-35-37(20-25)53-40(26-3-5-28(43)6-4-26)39(35)52-32-10-8-31(9-11-32)51-33-22-30(23-33)46-18-16-45(17-19-46)29-7-13-34-27(21-29)24-47(42(34)50)36-14-15-38(48)44-41(36)49;42-26-3-1-24(2-4-26)39-38(34-12-6-29(47)22-36(34)53-39)52-31-9-7-30(8-10-31)51-32-20-28(21-32)45-17-15-44(16-18-45)27-5-11-33-25(19-27)23-46(41(33)50)35-13-14-37(48)43-40(35)49/h2-13,20-21,30,33,36H,14-19,22-24H2,1H3,(H,44,48,49);1-12,19,22,28,32,35,47H,13-18,20-21,23H2,(H,43,48,49). The average molecular weight is 1590 g/mol. The third kappa shape index (κ3) is 14.2. The number of aromatic hydroxyl groups is 1. The molecule has 2 unspecified atom stereocenters. The van der Waals surface area contributed by atoms with Crippen LogP contribution in [0.25, 0.3) is 41.1 Å². The molecule has 6 aliphatic heterocycles. The van der Waals surface area contributed by atoms with Crippen molar-refractivity contribution in [2.24, 2.45) is 0 Å². The number of nitrogens with one attached hydrogen (secondary N) is 2. The molecule has 2 atom stereocenters. The number of carbonyl (C=O) groups is 6. The summed E-state index contributed by atoms with van der Waals surface area (Å²) < 4.78 is 30.0. The van der Waals surface area contributed by atoms with Crippen molar-refractivity contribution in [2.75, 3.05) is 62.2 Å². The summed E-state index contributed by atoms with van der Waals surface area (Å²) in [6.07, 6.45) is 5.59. The molecule has 23 heteroatoms. The Labute approximate surface area is 637 Å². The maximum absolute atomic E-state index is 13.1. The molecule has 0 spiro atoms. The van der Waals surface area contributed by atoms with Gasteiger partial charge in [-0.1, -0.05) is 62.2 Å². The van der Waals surface area contributed by atoms with Gasteiger partial charge in [0.2, 0.25) is 23.6 Å². The van der Waals surface area contributed by atoms with Crippen molar-refractivity contribution >= 4 is 122 Å². The van der Waals surface area contributed by atoms with Gasteiger partial charge in [0, 0.05) is 168 Å². The molecule has 2 aromatic heterocycles. The van der Waals surface area contributed by atoms with E-state index >= 15 is 0 Å². The van der Waals surface area contributed by atoms with E-state index in [1.54, 1.807) is 44.6 Å². The van der Waals surface area contributed by atoms with Crippen LogP contribution in [-0.2, 0) is 32.3 Å². The zero-order valence-electron chi connectivity index (χ0n) is 58.1. The largest absolute Gasteiger partial charge is 0.508 e. The van der Waals surface area contributed by atoms with Crippen LogP contribution in [0.3, 0.4) is 0 Å². The number of phenols is 1. The molecule has 8 aromatic carbocycles. The second-order valence-electron chi connectivity index (χ2n) is 28.6. The number of phenolic OH excluding ortho intramolecular Hbond substituents is 1. The van der Waals surface area contributed by atoms with Crippen LogP contribution in [-0.4, -0.2) is 149 Å². The van der Waals surface area contributed by atoms with E-state index in [-0.39, 0.29) is 66.2 Å². The van der Waals surface area contributed by atoms with Crippen molar-refractivity contribution in [3.63, 3.8) is 0 Å². The van der Waals surface area contributed by atoms with Gasteiger partial charge in [-0.3, -0.25) is 49.2 Å². The second kappa shape index (κ2) is 29.3. The molecule has 106 heavy (non-hydrogen) atoms. The highest BCUT2D eigenvalue weighted by atomic mass is 79.9. The van der Waals surface area contributed by atoms with E-state index in [0.29, 0.717) is 49.1 Å². The number of amides is 6. The lowest BCUT2D eigenvalue weighted by Crippen LogP contribution is -2.56. The fourth-order valence-electron chi connectivity index (χ4n) is 15.9. The van der Waals surface area contributed by atoms with E-state index in [9.17, 15) is 33.9 Å². The van der Waals surface area contributed by atoms with Crippen LogP contribution in [0, 0.1) is 6.92 Å². The number of nitrogens with zero attached hydrogens (tertiary/aromatic N) is 6. The highest BCUT2D eigenvalue weighted by molar-refractivity contribution is 9.10. The van der Waals surface area contributed by atoms with Gasteiger partial charge in [0.25, 0.3) is 11.8 Å². The summed E-state index contributed by atoms with van der Waals surface area (Å²) in [5, 5.41) is 16.9. The van der Waals surface area contributed by atoms with Crippen LogP contribution in [0.15, 0.2) is 179 Å². The van der Waals surface area contributed by atoms with Gasteiger partial charge in [-0.15, -0.1) is 22.7 Å². The normalized spacial score (nSPS) is 21.8. The molecule has 6 amide bonds. The first kappa shape index (κ1) is 69.4. The van der Waals surface area contributed by atoms with Crippen molar-refractivity contribution in [3.8, 4) is 61.1 Å². The number of piperazine rings is 2. The number of fused-ring (bicyclic) bond motifs is 4. The molecule has 4 saturated heterocycles. The van der Waals surface area contributed by atoms with E-state index in [0.717, 1.165) is 180 Å². The van der Waals surface area contributed by atoms with Gasteiger partial charge in [-0.2, -0.15) is 0 Å². The quantitative estimate of drug-likeness (QED) is 0.0770. The first-order chi connectivity index (χ1) is 51.5. The van der Waals surface area contributed by atoms with E-state index in [4.69, 9.17) is 18.9 Å². The maximum Gasteiger partial charge on any atom is 0.255 e. The number of halogens is 2. The minimum atomic E-state index is -0.602. The highest BCUT2D eigenvalue weighted by Gasteiger charge is 2.43. The summed E-state index contributed by atoms with van der Waals surface area (Å²) in [4.78, 5) is 89.5.